The summed E-state index contributed by atoms with van der Waals surface area (Å²) >= 11 is 0. The van der Waals surface area contributed by atoms with E-state index in [2.05, 4.69) is 13.5 Å². The van der Waals surface area contributed by atoms with E-state index in [1.165, 1.54) is 0 Å². The van der Waals surface area contributed by atoms with Crippen molar-refractivity contribution in [1.29, 1.82) is 0 Å². The van der Waals surface area contributed by atoms with Gasteiger partial charge in [-0.05, 0) is 23.6 Å². The van der Waals surface area contributed by atoms with Crippen LogP contribution in [0.5, 0.6) is 0 Å². The lowest BCUT2D eigenvalue weighted by atomic mass is 10.0. The number of nitrogens with zero attached hydrogens (tertiary/aromatic N) is 1. The monoisotopic (exact) mass is 201 g/mol. The molecule has 0 atom stereocenters. The van der Waals surface area contributed by atoms with Crippen LogP contribution >= 0.6 is 0 Å². The molecule has 0 unspecified atom stereocenters. The van der Waals surface area contributed by atoms with Crippen LogP contribution in [-0.2, 0) is 6.54 Å². The third kappa shape index (κ3) is 1.56. The number of carbonyl (C=O) groups is 1. The van der Waals surface area contributed by atoms with E-state index < -0.39 is 0 Å². The van der Waals surface area contributed by atoms with E-state index in [-0.39, 0.29) is 5.91 Å². The summed E-state index contributed by atoms with van der Waals surface area (Å²) in [5.74, 6) is 0.163. The van der Waals surface area contributed by atoms with Crippen LogP contribution in [0.25, 0.3) is 6.08 Å². The van der Waals surface area contributed by atoms with Crippen molar-refractivity contribution >= 4 is 12.0 Å². The largest absolute Gasteiger partial charge is 0.334 e. The number of benzene rings is 1. The van der Waals surface area contributed by atoms with Gasteiger partial charge in [-0.1, -0.05) is 31.7 Å². The lowest BCUT2D eigenvalue weighted by molar-refractivity contribution is 0.0778. The van der Waals surface area contributed by atoms with E-state index in [1.54, 1.807) is 0 Å². The molecule has 1 heterocycles. The van der Waals surface area contributed by atoms with Gasteiger partial charge in [0.05, 0.1) is 0 Å². The first-order valence-electron chi connectivity index (χ1n) is 5.31. The minimum atomic E-state index is 0.163. The summed E-state index contributed by atoms with van der Waals surface area (Å²) in [6, 6.07) is 5.83. The maximum Gasteiger partial charge on any atom is 0.254 e. The summed E-state index contributed by atoms with van der Waals surface area (Å²) in [4.78, 5) is 13.8. The van der Waals surface area contributed by atoms with E-state index >= 15 is 0 Å². The Balaban J connectivity index is 2.40. The fraction of sp³-hybridized carbons (Fsp3) is 0.308. The topological polar surface area (TPSA) is 20.3 Å². The molecule has 1 aromatic rings. The Morgan fingerprint density at radius 3 is 3.00 bits per heavy atom. The first-order valence-corrected chi connectivity index (χ1v) is 5.31. The van der Waals surface area contributed by atoms with Gasteiger partial charge in [-0.2, -0.15) is 0 Å². The lowest BCUT2D eigenvalue weighted by Gasteiger charge is -2.13. The molecule has 1 aliphatic rings. The molecule has 0 radical (unpaired) electrons. The van der Waals surface area contributed by atoms with Gasteiger partial charge in [-0.3, -0.25) is 4.79 Å². The van der Waals surface area contributed by atoms with E-state index in [0.29, 0.717) is 0 Å². The van der Waals surface area contributed by atoms with Crippen molar-refractivity contribution in [2.24, 2.45) is 0 Å². The van der Waals surface area contributed by atoms with Crippen molar-refractivity contribution in [3.05, 3.63) is 41.5 Å². The second-order valence-electron chi connectivity index (χ2n) is 3.80. The van der Waals surface area contributed by atoms with Crippen LogP contribution in [0, 0.1) is 0 Å². The van der Waals surface area contributed by atoms with Crippen LogP contribution in [0.15, 0.2) is 24.8 Å². The van der Waals surface area contributed by atoms with Crippen molar-refractivity contribution in [2.75, 3.05) is 6.54 Å². The number of carbonyl (C=O) groups excluding carboxylic acids is 1. The zero-order valence-corrected chi connectivity index (χ0v) is 8.99. The molecular weight excluding hydrogens is 186 g/mol. The first kappa shape index (κ1) is 9.97. The maximum atomic E-state index is 11.9. The normalized spacial score (nSPS) is 14.2. The second kappa shape index (κ2) is 3.89. The SMILES string of the molecule is C=Cc1cccc2c1CN(CCC)C2=O. The van der Waals surface area contributed by atoms with Crippen LogP contribution in [0.2, 0.25) is 0 Å². The van der Waals surface area contributed by atoms with E-state index in [0.717, 1.165) is 36.2 Å². The molecule has 78 valence electrons. The maximum absolute atomic E-state index is 11.9. The number of fused-ring (bicyclic) bond motifs is 1. The zero-order chi connectivity index (χ0) is 10.8. The third-order valence-electron chi connectivity index (χ3n) is 2.79. The zero-order valence-electron chi connectivity index (χ0n) is 8.99. The fourth-order valence-corrected chi connectivity index (χ4v) is 2.06. The average molecular weight is 201 g/mol. The van der Waals surface area contributed by atoms with Crippen molar-refractivity contribution in [3.8, 4) is 0 Å². The van der Waals surface area contributed by atoms with Crippen LogP contribution in [-0.4, -0.2) is 17.4 Å². The highest BCUT2D eigenvalue weighted by Crippen LogP contribution is 2.26. The molecule has 2 rings (SSSR count). The van der Waals surface area contributed by atoms with Gasteiger partial charge in [0.1, 0.15) is 0 Å². The van der Waals surface area contributed by atoms with Crippen molar-refractivity contribution < 1.29 is 4.79 Å². The van der Waals surface area contributed by atoms with E-state index in [1.807, 2.05) is 29.2 Å². The van der Waals surface area contributed by atoms with Crippen molar-refractivity contribution in [2.45, 2.75) is 19.9 Å². The highest BCUT2D eigenvalue weighted by molar-refractivity contribution is 5.99. The Kier molecular flexibility index (Phi) is 2.58. The van der Waals surface area contributed by atoms with Crippen LogP contribution in [0.1, 0.15) is 34.8 Å². The van der Waals surface area contributed by atoms with Gasteiger partial charge in [0.25, 0.3) is 5.91 Å². The van der Waals surface area contributed by atoms with Gasteiger partial charge in [0.15, 0.2) is 0 Å². The van der Waals surface area contributed by atoms with E-state index in [4.69, 9.17) is 0 Å². The molecule has 2 heteroatoms. The third-order valence-corrected chi connectivity index (χ3v) is 2.79. The lowest BCUT2D eigenvalue weighted by Crippen LogP contribution is -2.24. The molecule has 0 spiro atoms. The van der Waals surface area contributed by atoms with Crippen molar-refractivity contribution in [3.63, 3.8) is 0 Å². The molecule has 0 saturated carbocycles. The van der Waals surface area contributed by atoms with Gasteiger partial charge in [0.2, 0.25) is 0 Å². The van der Waals surface area contributed by atoms with Gasteiger partial charge in [0, 0.05) is 18.7 Å². The van der Waals surface area contributed by atoms with Crippen LogP contribution in [0.3, 0.4) is 0 Å². The summed E-state index contributed by atoms with van der Waals surface area (Å²) in [6.07, 6.45) is 2.82. The highest BCUT2D eigenvalue weighted by atomic mass is 16.2. The fourth-order valence-electron chi connectivity index (χ4n) is 2.06. The Hall–Kier alpha value is -1.57. The predicted octanol–water partition coefficient (Wildman–Crippen LogP) is 2.70. The molecule has 1 aliphatic heterocycles. The second-order valence-corrected chi connectivity index (χ2v) is 3.80. The molecule has 0 fully saturated rings. The number of hydrogen-bond donors (Lipinski definition) is 0. The molecule has 1 aromatic carbocycles. The predicted molar refractivity (Wildman–Crippen MR) is 61.6 cm³/mol. The molecule has 2 nitrogen and oxygen atoms in total. The Labute approximate surface area is 90.2 Å². The van der Waals surface area contributed by atoms with E-state index in [9.17, 15) is 4.79 Å². The van der Waals surface area contributed by atoms with Crippen LogP contribution < -0.4 is 0 Å². The summed E-state index contributed by atoms with van der Waals surface area (Å²) in [5, 5.41) is 0. The van der Waals surface area contributed by atoms with Gasteiger partial charge in [-0.25, -0.2) is 0 Å². The number of rotatable bonds is 3. The Morgan fingerprint density at radius 1 is 1.53 bits per heavy atom. The highest BCUT2D eigenvalue weighted by Gasteiger charge is 2.27. The Morgan fingerprint density at radius 2 is 2.33 bits per heavy atom. The molecule has 15 heavy (non-hydrogen) atoms. The minimum Gasteiger partial charge on any atom is -0.334 e. The quantitative estimate of drug-likeness (QED) is 0.736. The van der Waals surface area contributed by atoms with Crippen LogP contribution in [0.4, 0.5) is 0 Å². The van der Waals surface area contributed by atoms with Gasteiger partial charge >= 0.3 is 0 Å². The van der Waals surface area contributed by atoms with Gasteiger partial charge in [-0.15, -0.1) is 0 Å². The molecule has 0 aromatic heterocycles. The first-order chi connectivity index (χ1) is 7.27. The summed E-state index contributed by atoms with van der Waals surface area (Å²) in [7, 11) is 0. The summed E-state index contributed by atoms with van der Waals surface area (Å²) in [6.45, 7) is 7.44. The molecular formula is C13H15NO. The minimum absolute atomic E-state index is 0.163. The molecule has 0 bridgehead atoms. The van der Waals surface area contributed by atoms with Gasteiger partial charge < -0.3 is 4.90 Å². The summed E-state index contributed by atoms with van der Waals surface area (Å²) < 4.78 is 0. The standard InChI is InChI=1S/C13H15NO/c1-3-8-14-9-12-10(4-2)6-5-7-11(12)13(14)15/h4-7H,2-3,8-9H2,1H3. The smallest absolute Gasteiger partial charge is 0.254 e. The van der Waals surface area contributed by atoms with Crippen molar-refractivity contribution in [1.82, 2.24) is 4.90 Å². The summed E-state index contributed by atoms with van der Waals surface area (Å²) in [5.41, 5.74) is 3.06. The molecule has 0 N–H and O–H groups in total. The molecule has 0 aliphatic carbocycles. The average Bonchev–Trinajstić information content (AvgIpc) is 2.57. The molecule has 0 saturated heterocycles. The molecule has 1 amide bonds. The number of hydrogen-bond acceptors (Lipinski definition) is 1. The Bertz CT molecular complexity index is 409. The number of amides is 1.